The third kappa shape index (κ3) is 3.67. The van der Waals surface area contributed by atoms with Crippen molar-refractivity contribution in [3.63, 3.8) is 0 Å². The first-order chi connectivity index (χ1) is 7.32. The Morgan fingerprint density at radius 3 is 2.38 bits per heavy atom. The van der Waals surface area contributed by atoms with Gasteiger partial charge in [-0.25, -0.2) is 0 Å². The van der Waals surface area contributed by atoms with E-state index in [0.29, 0.717) is 0 Å². The summed E-state index contributed by atoms with van der Waals surface area (Å²) < 4.78 is 1.18. The van der Waals surface area contributed by atoms with Crippen LogP contribution < -0.4 is 0 Å². The van der Waals surface area contributed by atoms with Crippen LogP contribution in [0, 0.1) is 0 Å². The largest absolute Gasteiger partial charge is 0.0966 e. The molecule has 0 heterocycles. The Hall–Kier alpha value is -0.210. The second-order valence-corrected chi connectivity index (χ2v) is 6.91. The number of halogens is 1. The molecule has 1 aromatic rings. The minimum atomic E-state index is 0.182. The van der Waals surface area contributed by atoms with Gasteiger partial charge in [0.25, 0.3) is 0 Å². The van der Waals surface area contributed by atoms with E-state index in [1.54, 1.807) is 11.8 Å². The van der Waals surface area contributed by atoms with Crippen LogP contribution in [0.15, 0.2) is 38.5 Å². The highest BCUT2D eigenvalue weighted by atomic mass is 79.9. The van der Waals surface area contributed by atoms with Gasteiger partial charge in [-0.1, -0.05) is 50.2 Å². The van der Waals surface area contributed by atoms with Crippen LogP contribution in [-0.4, -0.2) is 0 Å². The molecule has 1 aromatic carbocycles. The molecule has 88 valence electrons. The lowest BCUT2D eigenvalue weighted by Crippen LogP contribution is -2.12. The fraction of sp³-hybridized carbons (Fsp3) is 0.429. The van der Waals surface area contributed by atoms with Gasteiger partial charge in [0.2, 0.25) is 0 Å². The lowest BCUT2D eigenvalue weighted by molar-refractivity contribution is 0.577. The molecular weight excluding hydrogens is 280 g/mol. The van der Waals surface area contributed by atoms with Crippen molar-refractivity contribution in [2.75, 3.05) is 0 Å². The van der Waals surface area contributed by atoms with Gasteiger partial charge in [0, 0.05) is 9.37 Å². The van der Waals surface area contributed by atoms with Gasteiger partial charge >= 0.3 is 0 Å². The summed E-state index contributed by atoms with van der Waals surface area (Å²) in [7, 11) is 0. The van der Waals surface area contributed by atoms with Gasteiger partial charge in [-0.15, -0.1) is 0 Å². The predicted octanol–water partition coefficient (Wildman–Crippen LogP) is 5.76. The van der Waals surface area contributed by atoms with E-state index in [9.17, 15) is 0 Å². The maximum atomic E-state index is 3.64. The van der Waals surface area contributed by atoms with Crippen LogP contribution in [0.3, 0.4) is 0 Å². The summed E-state index contributed by atoms with van der Waals surface area (Å²) in [5.74, 6) is 0. The first-order valence-electron chi connectivity index (χ1n) is 5.41. The molecule has 0 unspecified atom stereocenters. The van der Waals surface area contributed by atoms with E-state index in [1.165, 1.54) is 20.5 Å². The molecule has 0 amide bonds. The average Bonchev–Trinajstić information content (AvgIpc) is 2.13. The SMILES string of the molecule is CC(C)=CSc1c(Br)cccc1C(C)(C)C. The molecule has 0 aromatic heterocycles. The van der Waals surface area contributed by atoms with Crippen molar-refractivity contribution < 1.29 is 0 Å². The van der Waals surface area contributed by atoms with Crippen LogP contribution in [0.4, 0.5) is 0 Å². The number of rotatable bonds is 2. The molecule has 0 aliphatic rings. The third-order valence-corrected chi connectivity index (χ3v) is 4.38. The highest BCUT2D eigenvalue weighted by Gasteiger charge is 2.19. The number of thioether (sulfide) groups is 1. The van der Waals surface area contributed by atoms with Crippen LogP contribution in [-0.2, 0) is 5.41 Å². The van der Waals surface area contributed by atoms with Crippen molar-refractivity contribution in [3.8, 4) is 0 Å². The second kappa shape index (κ2) is 5.42. The van der Waals surface area contributed by atoms with Crippen molar-refractivity contribution in [2.24, 2.45) is 0 Å². The Kier molecular flexibility index (Phi) is 4.69. The Morgan fingerprint density at radius 1 is 1.25 bits per heavy atom. The summed E-state index contributed by atoms with van der Waals surface area (Å²) >= 11 is 5.44. The lowest BCUT2D eigenvalue weighted by Gasteiger charge is -2.23. The minimum absolute atomic E-state index is 0.182. The molecule has 0 bridgehead atoms. The number of benzene rings is 1. The number of hydrogen-bond acceptors (Lipinski definition) is 1. The average molecular weight is 299 g/mol. The van der Waals surface area contributed by atoms with Crippen molar-refractivity contribution >= 4 is 27.7 Å². The van der Waals surface area contributed by atoms with E-state index >= 15 is 0 Å². The van der Waals surface area contributed by atoms with Crippen molar-refractivity contribution in [2.45, 2.75) is 44.9 Å². The Labute approximate surface area is 112 Å². The summed E-state index contributed by atoms with van der Waals surface area (Å²) in [6, 6.07) is 6.43. The first-order valence-corrected chi connectivity index (χ1v) is 7.08. The van der Waals surface area contributed by atoms with Gasteiger partial charge in [0.05, 0.1) is 0 Å². The van der Waals surface area contributed by atoms with E-state index < -0.39 is 0 Å². The molecule has 1 rings (SSSR count). The molecule has 2 heteroatoms. The van der Waals surface area contributed by atoms with Crippen LogP contribution in [0.25, 0.3) is 0 Å². The molecule has 0 nitrogen and oxygen atoms in total. The van der Waals surface area contributed by atoms with Gasteiger partial charge < -0.3 is 0 Å². The summed E-state index contributed by atoms with van der Waals surface area (Å²) in [5, 5.41) is 2.20. The van der Waals surface area contributed by atoms with Crippen LogP contribution in [0.2, 0.25) is 0 Å². The van der Waals surface area contributed by atoms with Crippen LogP contribution in [0.1, 0.15) is 40.2 Å². The fourth-order valence-electron chi connectivity index (χ4n) is 1.40. The summed E-state index contributed by atoms with van der Waals surface area (Å²) in [5.41, 5.74) is 2.91. The zero-order valence-corrected chi connectivity index (χ0v) is 13.0. The van der Waals surface area contributed by atoms with Gasteiger partial charge in [0.1, 0.15) is 0 Å². The topological polar surface area (TPSA) is 0 Å². The van der Waals surface area contributed by atoms with Gasteiger partial charge in [-0.3, -0.25) is 0 Å². The van der Waals surface area contributed by atoms with Crippen LogP contribution >= 0.6 is 27.7 Å². The molecule has 0 spiro atoms. The van der Waals surface area contributed by atoms with Crippen molar-refractivity contribution in [3.05, 3.63) is 39.2 Å². The Balaban J connectivity index is 3.19. The Morgan fingerprint density at radius 2 is 1.88 bits per heavy atom. The quantitative estimate of drug-likeness (QED) is 0.625. The fourth-order valence-corrected chi connectivity index (χ4v) is 3.08. The summed E-state index contributed by atoms with van der Waals surface area (Å²) in [6.45, 7) is 11.0. The first kappa shape index (κ1) is 13.9. The van der Waals surface area contributed by atoms with E-state index in [4.69, 9.17) is 0 Å². The monoisotopic (exact) mass is 298 g/mol. The molecule has 0 aliphatic carbocycles. The van der Waals surface area contributed by atoms with E-state index in [0.717, 1.165) is 0 Å². The molecule has 0 saturated heterocycles. The molecule has 0 saturated carbocycles. The molecule has 0 aliphatic heterocycles. The molecule has 0 N–H and O–H groups in total. The molecule has 16 heavy (non-hydrogen) atoms. The maximum absolute atomic E-state index is 3.64. The van der Waals surface area contributed by atoms with E-state index in [-0.39, 0.29) is 5.41 Å². The highest BCUT2D eigenvalue weighted by molar-refractivity contribution is 9.10. The summed E-state index contributed by atoms with van der Waals surface area (Å²) in [6.07, 6.45) is 0. The summed E-state index contributed by atoms with van der Waals surface area (Å²) in [4.78, 5) is 1.33. The zero-order valence-electron chi connectivity index (χ0n) is 10.6. The molecule has 0 fully saturated rings. The molecule has 0 radical (unpaired) electrons. The predicted molar refractivity (Wildman–Crippen MR) is 78.1 cm³/mol. The van der Waals surface area contributed by atoms with Gasteiger partial charge in [-0.2, -0.15) is 0 Å². The highest BCUT2D eigenvalue weighted by Crippen LogP contribution is 2.38. The Bertz CT molecular complexity index is 396. The normalized spacial score (nSPS) is 11.4. The molecular formula is C14H19BrS. The number of hydrogen-bond donors (Lipinski definition) is 0. The van der Waals surface area contributed by atoms with Crippen LogP contribution in [0.5, 0.6) is 0 Å². The third-order valence-electron chi connectivity index (χ3n) is 2.19. The van der Waals surface area contributed by atoms with Crippen molar-refractivity contribution in [1.29, 1.82) is 0 Å². The van der Waals surface area contributed by atoms with E-state index in [1.807, 2.05) is 0 Å². The zero-order chi connectivity index (χ0) is 12.3. The smallest absolute Gasteiger partial charge is 0.0317 e. The minimum Gasteiger partial charge on any atom is -0.0966 e. The standard InChI is InChI=1S/C14H19BrS/c1-10(2)9-16-13-11(14(3,4)5)7-6-8-12(13)15/h6-9H,1-5H3. The second-order valence-electron chi connectivity index (χ2n) is 5.18. The van der Waals surface area contributed by atoms with E-state index in [2.05, 4.69) is 74.2 Å². The number of allylic oxidation sites excluding steroid dienone is 1. The maximum Gasteiger partial charge on any atom is 0.0317 e. The van der Waals surface area contributed by atoms with Crippen molar-refractivity contribution in [1.82, 2.24) is 0 Å². The van der Waals surface area contributed by atoms with Gasteiger partial charge in [-0.05, 0) is 52.2 Å². The lowest BCUT2D eigenvalue weighted by atomic mass is 9.87. The van der Waals surface area contributed by atoms with Gasteiger partial charge in [0.15, 0.2) is 0 Å². The molecule has 0 atom stereocenters.